The highest BCUT2D eigenvalue weighted by Gasteiger charge is 2.49. The van der Waals surface area contributed by atoms with Crippen molar-refractivity contribution in [3.63, 3.8) is 0 Å². The van der Waals surface area contributed by atoms with Gasteiger partial charge in [0.2, 0.25) is 0 Å². The van der Waals surface area contributed by atoms with Gasteiger partial charge in [0.15, 0.2) is 28.1 Å². The van der Waals surface area contributed by atoms with Gasteiger partial charge in [-0.2, -0.15) is 0 Å². The molecule has 1 N–H and O–H groups in total. The van der Waals surface area contributed by atoms with Crippen LogP contribution in [0.1, 0.15) is 52.8 Å². The van der Waals surface area contributed by atoms with Crippen LogP contribution in [-0.2, 0) is 14.3 Å². The lowest BCUT2D eigenvalue weighted by atomic mass is 9.95. The molecule has 12 heteroatoms. The molecule has 0 aliphatic carbocycles. The number of thiazole rings is 1. The minimum absolute atomic E-state index is 0.00178. The van der Waals surface area contributed by atoms with Crippen LogP contribution in [-0.4, -0.2) is 60.8 Å². The fraction of sp³-hybridized carbons (Fsp3) is 0.312. The van der Waals surface area contributed by atoms with E-state index in [4.69, 9.17) is 23.7 Å². The van der Waals surface area contributed by atoms with Gasteiger partial charge in [0.1, 0.15) is 30.5 Å². The van der Waals surface area contributed by atoms with Crippen molar-refractivity contribution in [2.45, 2.75) is 33.2 Å². The van der Waals surface area contributed by atoms with Crippen LogP contribution in [0.25, 0.3) is 5.76 Å². The van der Waals surface area contributed by atoms with Gasteiger partial charge < -0.3 is 28.8 Å². The molecular formula is C32H32N2O9S. The summed E-state index contributed by atoms with van der Waals surface area (Å²) in [5.41, 5.74) is 0.873. The topological polar surface area (TPSA) is 134 Å². The number of anilines is 1. The average molecular weight is 621 g/mol. The minimum atomic E-state index is -1.12. The second-order valence-corrected chi connectivity index (χ2v) is 10.8. The summed E-state index contributed by atoms with van der Waals surface area (Å²) >= 11 is 0.913. The predicted molar refractivity (Wildman–Crippen MR) is 163 cm³/mol. The van der Waals surface area contributed by atoms with Gasteiger partial charge in [-0.3, -0.25) is 14.5 Å². The highest BCUT2D eigenvalue weighted by Crippen LogP contribution is 2.46. The van der Waals surface area contributed by atoms with Gasteiger partial charge >= 0.3 is 11.9 Å². The lowest BCUT2D eigenvalue weighted by Crippen LogP contribution is -2.29. The van der Waals surface area contributed by atoms with Crippen LogP contribution in [0, 0.1) is 6.92 Å². The van der Waals surface area contributed by atoms with Crippen LogP contribution in [0.2, 0.25) is 0 Å². The molecule has 0 saturated carbocycles. The zero-order chi connectivity index (χ0) is 31.4. The molecule has 11 nitrogen and oxygen atoms in total. The molecule has 1 amide bonds. The number of Topliss-reactive ketones (excluding diaryl/α,β-unsaturated/α-hetero) is 1. The number of fused-ring (bicyclic) bond motifs is 1. The number of esters is 1. The number of rotatable bonds is 11. The Bertz CT molecular complexity index is 1640. The van der Waals surface area contributed by atoms with E-state index in [0.29, 0.717) is 60.7 Å². The molecule has 2 aliphatic rings. The van der Waals surface area contributed by atoms with E-state index in [9.17, 15) is 19.5 Å². The van der Waals surface area contributed by atoms with Crippen molar-refractivity contribution < 1.29 is 43.2 Å². The first-order chi connectivity index (χ1) is 21.3. The predicted octanol–water partition coefficient (Wildman–Crippen LogP) is 5.38. The van der Waals surface area contributed by atoms with Crippen LogP contribution in [0.4, 0.5) is 5.13 Å². The number of carbonyl (C=O) groups is 3. The van der Waals surface area contributed by atoms with E-state index in [1.165, 1.54) is 11.0 Å². The number of benzene rings is 2. The lowest BCUT2D eigenvalue weighted by Gasteiger charge is -2.24. The molecule has 3 aromatic rings. The van der Waals surface area contributed by atoms with E-state index < -0.39 is 29.5 Å². The normalized spacial score (nSPS) is 17.0. The van der Waals surface area contributed by atoms with Crippen molar-refractivity contribution in [3.05, 3.63) is 76.3 Å². The van der Waals surface area contributed by atoms with Crippen molar-refractivity contribution in [2.24, 2.45) is 0 Å². The Morgan fingerprint density at radius 1 is 1.11 bits per heavy atom. The monoisotopic (exact) mass is 620 g/mol. The lowest BCUT2D eigenvalue weighted by molar-refractivity contribution is -0.132. The van der Waals surface area contributed by atoms with Crippen LogP contribution in [0.3, 0.4) is 0 Å². The van der Waals surface area contributed by atoms with E-state index in [-0.39, 0.29) is 27.8 Å². The maximum atomic E-state index is 13.7. The van der Waals surface area contributed by atoms with Crippen LogP contribution >= 0.6 is 11.3 Å². The first-order valence-corrected chi connectivity index (χ1v) is 15.0. The summed E-state index contributed by atoms with van der Waals surface area (Å²) in [5, 5.41) is 11.7. The summed E-state index contributed by atoms with van der Waals surface area (Å²) in [6, 6.07) is 8.73. The van der Waals surface area contributed by atoms with Crippen molar-refractivity contribution in [2.75, 3.05) is 37.9 Å². The van der Waals surface area contributed by atoms with Gasteiger partial charge in [-0.25, -0.2) is 9.78 Å². The Morgan fingerprint density at radius 3 is 2.61 bits per heavy atom. The highest BCUT2D eigenvalue weighted by atomic mass is 32.1. The third-order valence-electron chi connectivity index (χ3n) is 6.81. The number of carbonyl (C=O) groups excluding carboxylic acids is 3. The second-order valence-electron chi connectivity index (χ2n) is 9.81. The van der Waals surface area contributed by atoms with Crippen molar-refractivity contribution in [1.82, 2.24) is 4.98 Å². The molecule has 0 radical (unpaired) electrons. The Balaban J connectivity index is 1.67. The minimum Gasteiger partial charge on any atom is -0.507 e. The Morgan fingerprint density at radius 2 is 1.89 bits per heavy atom. The standard InChI is InChI=1S/C32H32N2O9S/c1-5-12-40-21-10-8-19(16-23(21)39-7-3)26-25(27(35)20-9-11-22-24(17-20)42-15-14-41-22)28(36)30(37)34(26)32-33-18(4)29(44-32)31(38)43-13-6-2/h6,8-11,16-17,26,35H,2,5,7,12-15H2,1,3-4H3/b27-25+/t26-/m1/s1. The van der Waals surface area contributed by atoms with Crippen molar-refractivity contribution in [3.8, 4) is 23.0 Å². The molecule has 1 fully saturated rings. The van der Waals surface area contributed by atoms with E-state index in [1.54, 1.807) is 43.3 Å². The maximum absolute atomic E-state index is 13.7. The first-order valence-electron chi connectivity index (χ1n) is 14.1. The number of ether oxygens (including phenoxy) is 5. The van der Waals surface area contributed by atoms with Crippen LogP contribution < -0.4 is 23.8 Å². The number of aliphatic hydroxyl groups is 1. The van der Waals surface area contributed by atoms with Crippen molar-refractivity contribution >= 4 is 39.9 Å². The zero-order valence-electron chi connectivity index (χ0n) is 24.6. The number of nitrogens with zero attached hydrogens (tertiary/aromatic N) is 2. The molecule has 2 aromatic carbocycles. The quantitative estimate of drug-likeness (QED) is 0.0979. The number of ketones is 1. The molecule has 1 aromatic heterocycles. The fourth-order valence-corrected chi connectivity index (χ4v) is 5.85. The number of hydrogen-bond donors (Lipinski definition) is 1. The van der Waals surface area contributed by atoms with Gasteiger partial charge in [0.25, 0.3) is 5.78 Å². The molecule has 3 heterocycles. The van der Waals surface area contributed by atoms with Gasteiger partial charge in [0, 0.05) is 5.56 Å². The molecule has 44 heavy (non-hydrogen) atoms. The SMILES string of the molecule is C=CCOC(=O)c1sc(N2C(=O)C(=O)/C(=C(/O)c3ccc4c(c3)OCCO4)[C@H]2c2ccc(OCCC)c(OCC)c2)nc1C. The Hall–Kier alpha value is -4.84. The second kappa shape index (κ2) is 13.2. The molecular weight excluding hydrogens is 588 g/mol. The molecule has 0 spiro atoms. The highest BCUT2D eigenvalue weighted by molar-refractivity contribution is 7.17. The van der Waals surface area contributed by atoms with E-state index >= 15 is 0 Å². The number of aliphatic hydroxyl groups excluding tert-OH is 1. The van der Waals surface area contributed by atoms with Crippen LogP contribution in [0.15, 0.2) is 54.6 Å². The third-order valence-corrected chi connectivity index (χ3v) is 7.95. The van der Waals surface area contributed by atoms with Crippen LogP contribution in [0.5, 0.6) is 23.0 Å². The third kappa shape index (κ3) is 5.85. The molecule has 5 rings (SSSR count). The Labute approximate surface area is 258 Å². The summed E-state index contributed by atoms with van der Waals surface area (Å²) in [6.45, 7) is 10.5. The summed E-state index contributed by atoms with van der Waals surface area (Å²) in [5.74, 6) is -1.06. The molecule has 1 atom stereocenters. The molecule has 2 aliphatic heterocycles. The largest absolute Gasteiger partial charge is 0.507 e. The smallest absolute Gasteiger partial charge is 0.350 e. The fourth-order valence-electron chi connectivity index (χ4n) is 4.86. The maximum Gasteiger partial charge on any atom is 0.350 e. The average Bonchev–Trinajstić information content (AvgIpc) is 3.54. The number of hydrogen-bond acceptors (Lipinski definition) is 11. The first kappa shape index (κ1) is 30.6. The molecule has 1 saturated heterocycles. The Kier molecular flexibility index (Phi) is 9.19. The van der Waals surface area contributed by atoms with Gasteiger partial charge in [-0.1, -0.05) is 37.0 Å². The molecule has 230 valence electrons. The summed E-state index contributed by atoms with van der Waals surface area (Å²) < 4.78 is 28.2. The van der Waals surface area contributed by atoms with Gasteiger partial charge in [0.05, 0.1) is 30.5 Å². The van der Waals surface area contributed by atoms with E-state index in [1.807, 2.05) is 13.8 Å². The zero-order valence-corrected chi connectivity index (χ0v) is 25.4. The number of amides is 1. The molecule has 0 unspecified atom stereocenters. The van der Waals surface area contributed by atoms with Gasteiger partial charge in [-0.05, 0) is 56.2 Å². The summed E-state index contributed by atoms with van der Waals surface area (Å²) in [4.78, 5) is 46.0. The van der Waals surface area contributed by atoms with Gasteiger partial charge in [-0.15, -0.1) is 0 Å². The number of aromatic nitrogens is 1. The number of aryl methyl sites for hydroxylation is 1. The summed E-state index contributed by atoms with van der Waals surface area (Å²) in [6.07, 6.45) is 2.22. The summed E-state index contributed by atoms with van der Waals surface area (Å²) in [7, 11) is 0. The van der Waals surface area contributed by atoms with E-state index in [0.717, 1.165) is 17.8 Å². The van der Waals surface area contributed by atoms with E-state index in [2.05, 4.69) is 11.6 Å². The molecule has 0 bridgehead atoms. The van der Waals surface area contributed by atoms with Crippen molar-refractivity contribution in [1.29, 1.82) is 0 Å².